The number of aryl methyl sites for hydroxylation is 1. The lowest BCUT2D eigenvalue weighted by Gasteiger charge is -2.08. The first kappa shape index (κ1) is 19.5. The van der Waals surface area contributed by atoms with E-state index in [9.17, 15) is 14.0 Å². The number of hydrogen-bond donors (Lipinski definition) is 1. The second-order valence-electron chi connectivity index (χ2n) is 7.04. The molecule has 2 aromatic heterocycles. The summed E-state index contributed by atoms with van der Waals surface area (Å²) in [5.74, 6) is -0.841. The van der Waals surface area contributed by atoms with Crippen molar-refractivity contribution in [2.24, 2.45) is 0 Å². The minimum Gasteiger partial charge on any atom is -0.350 e. The second-order valence-corrected chi connectivity index (χ2v) is 7.04. The Morgan fingerprint density at radius 1 is 1.17 bits per heavy atom. The Bertz CT molecular complexity index is 1280. The van der Waals surface area contributed by atoms with Crippen LogP contribution in [-0.4, -0.2) is 31.8 Å². The highest BCUT2D eigenvalue weighted by Crippen LogP contribution is 2.09. The average molecular weight is 405 g/mol. The first-order valence-electron chi connectivity index (χ1n) is 9.51. The van der Waals surface area contributed by atoms with Gasteiger partial charge in [0.15, 0.2) is 5.65 Å². The molecule has 4 aromatic rings. The van der Waals surface area contributed by atoms with Crippen molar-refractivity contribution < 1.29 is 9.18 Å². The zero-order valence-electron chi connectivity index (χ0n) is 16.4. The summed E-state index contributed by atoms with van der Waals surface area (Å²) in [6.07, 6.45) is 3.00. The van der Waals surface area contributed by atoms with E-state index >= 15 is 0 Å². The van der Waals surface area contributed by atoms with Crippen LogP contribution in [0.1, 0.15) is 21.5 Å². The maximum Gasteiger partial charge on any atom is 0.264 e. The minimum atomic E-state index is -0.466. The van der Waals surface area contributed by atoms with Crippen molar-refractivity contribution in [1.29, 1.82) is 0 Å². The summed E-state index contributed by atoms with van der Waals surface area (Å²) in [6, 6.07) is 13.4. The number of rotatable bonds is 6. The van der Waals surface area contributed by atoms with Crippen LogP contribution in [0.4, 0.5) is 4.39 Å². The predicted molar refractivity (Wildman–Crippen MR) is 111 cm³/mol. The van der Waals surface area contributed by atoms with Gasteiger partial charge in [0.05, 0.1) is 19.3 Å². The van der Waals surface area contributed by atoms with Crippen LogP contribution in [-0.2, 0) is 13.1 Å². The molecule has 8 heteroatoms. The van der Waals surface area contributed by atoms with Gasteiger partial charge in [-0.2, -0.15) is 5.10 Å². The van der Waals surface area contributed by atoms with Gasteiger partial charge < -0.3 is 5.32 Å². The van der Waals surface area contributed by atoms with E-state index in [4.69, 9.17) is 0 Å². The summed E-state index contributed by atoms with van der Waals surface area (Å²) >= 11 is 0. The summed E-state index contributed by atoms with van der Waals surface area (Å²) in [5.41, 5.74) is 2.68. The molecule has 152 valence electrons. The smallest absolute Gasteiger partial charge is 0.264 e. The van der Waals surface area contributed by atoms with Crippen LogP contribution in [0.5, 0.6) is 0 Å². The third kappa shape index (κ3) is 4.12. The van der Waals surface area contributed by atoms with Gasteiger partial charge in [0, 0.05) is 12.1 Å². The second kappa shape index (κ2) is 8.28. The summed E-state index contributed by atoms with van der Waals surface area (Å²) in [4.78, 5) is 29.3. The molecule has 7 nitrogen and oxygen atoms in total. The van der Waals surface area contributed by atoms with Gasteiger partial charge in [-0.15, -0.1) is 0 Å². The molecule has 0 bridgehead atoms. The van der Waals surface area contributed by atoms with Crippen molar-refractivity contribution >= 4 is 16.9 Å². The first-order valence-corrected chi connectivity index (χ1v) is 9.51. The molecule has 0 aliphatic carbocycles. The number of amides is 1. The Labute approximate surface area is 171 Å². The van der Waals surface area contributed by atoms with Crippen molar-refractivity contribution in [3.8, 4) is 0 Å². The molecule has 2 heterocycles. The Hall–Kier alpha value is -3.81. The van der Waals surface area contributed by atoms with Gasteiger partial charge in [-0.25, -0.2) is 14.1 Å². The first-order chi connectivity index (χ1) is 14.5. The van der Waals surface area contributed by atoms with Crippen LogP contribution >= 0.6 is 0 Å². The highest BCUT2D eigenvalue weighted by molar-refractivity contribution is 5.94. The normalized spacial score (nSPS) is 11.0. The van der Waals surface area contributed by atoms with Crippen LogP contribution in [0, 0.1) is 12.7 Å². The topological polar surface area (TPSA) is 81.8 Å². The van der Waals surface area contributed by atoms with Crippen LogP contribution in [0.15, 0.2) is 65.8 Å². The highest BCUT2D eigenvalue weighted by atomic mass is 19.1. The van der Waals surface area contributed by atoms with E-state index in [-0.39, 0.29) is 23.6 Å². The van der Waals surface area contributed by atoms with Crippen LogP contribution in [0.25, 0.3) is 11.0 Å². The highest BCUT2D eigenvalue weighted by Gasteiger charge is 2.11. The molecule has 0 spiro atoms. The van der Waals surface area contributed by atoms with Crippen LogP contribution in [0.2, 0.25) is 0 Å². The quantitative estimate of drug-likeness (QED) is 0.534. The van der Waals surface area contributed by atoms with E-state index < -0.39 is 5.82 Å². The SMILES string of the molecule is Cc1cccc(Cn2cnc3c(cnn3CCNC(=O)c3cccc(F)c3)c2=O)c1. The molecule has 4 rings (SSSR count). The van der Waals surface area contributed by atoms with Gasteiger partial charge in [0.1, 0.15) is 17.5 Å². The van der Waals surface area contributed by atoms with Gasteiger partial charge in [0.25, 0.3) is 11.5 Å². The van der Waals surface area contributed by atoms with Gasteiger partial charge in [0.2, 0.25) is 0 Å². The van der Waals surface area contributed by atoms with E-state index in [1.165, 1.54) is 30.7 Å². The predicted octanol–water partition coefficient (Wildman–Crippen LogP) is 2.52. The van der Waals surface area contributed by atoms with Crippen molar-refractivity contribution in [3.05, 3.63) is 93.9 Å². The number of carbonyl (C=O) groups excluding carboxylic acids is 1. The monoisotopic (exact) mass is 405 g/mol. The third-order valence-electron chi connectivity index (χ3n) is 4.75. The van der Waals surface area contributed by atoms with E-state index in [1.54, 1.807) is 15.3 Å². The molecule has 0 saturated heterocycles. The maximum absolute atomic E-state index is 13.2. The zero-order valence-corrected chi connectivity index (χ0v) is 16.4. The Morgan fingerprint density at radius 3 is 2.80 bits per heavy atom. The van der Waals surface area contributed by atoms with Gasteiger partial charge >= 0.3 is 0 Å². The Balaban J connectivity index is 1.46. The molecule has 1 N–H and O–H groups in total. The van der Waals surface area contributed by atoms with Crippen LogP contribution in [0.3, 0.4) is 0 Å². The molecule has 0 aliphatic heterocycles. The molecular formula is C22H20FN5O2. The maximum atomic E-state index is 13.2. The standard InChI is InChI=1S/C22H20FN5O2/c1-15-4-2-5-16(10-15)13-27-14-25-20-19(22(27)30)12-26-28(20)9-8-24-21(29)17-6-3-7-18(23)11-17/h2-7,10-12,14H,8-9,13H2,1H3,(H,24,29). The molecule has 0 radical (unpaired) electrons. The number of halogens is 1. The van der Waals surface area contributed by atoms with E-state index in [0.717, 1.165) is 11.1 Å². The Kier molecular flexibility index (Phi) is 5.38. The van der Waals surface area contributed by atoms with Gasteiger partial charge in [-0.05, 0) is 30.7 Å². The summed E-state index contributed by atoms with van der Waals surface area (Å²) < 4.78 is 16.4. The molecular weight excluding hydrogens is 385 g/mol. The molecule has 2 aromatic carbocycles. The number of aromatic nitrogens is 4. The average Bonchev–Trinajstić information content (AvgIpc) is 3.14. The van der Waals surface area contributed by atoms with Crippen LogP contribution < -0.4 is 10.9 Å². The van der Waals surface area contributed by atoms with Gasteiger partial charge in [-0.1, -0.05) is 35.9 Å². The Morgan fingerprint density at radius 2 is 2.00 bits per heavy atom. The molecule has 0 aliphatic rings. The fourth-order valence-electron chi connectivity index (χ4n) is 3.29. The molecule has 0 fully saturated rings. The number of hydrogen-bond acceptors (Lipinski definition) is 4. The largest absolute Gasteiger partial charge is 0.350 e. The molecule has 0 atom stereocenters. The van der Waals surface area contributed by atoms with E-state index in [2.05, 4.69) is 15.4 Å². The minimum absolute atomic E-state index is 0.170. The number of nitrogens with one attached hydrogen (secondary N) is 1. The number of carbonyl (C=O) groups is 1. The molecule has 1 amide bonds. The van der Waals surface area contributed by atoms with Crippen molar-refractivity contribution in [3.63, 3.8) is 0 Å². The lowest BCUT2D eigenvalue weighted by molar-refractivity contribution is 0.0951. The summed E-state index contributed by atoms with van der Waals surface area (Å²) in [7, 11) is 0. The van der Waals surface area contributed by atoms with E-state index in [1.807, 2.05) is 31.2 Å². The summed E-state index contributed by atoms with van der Waals surface area (Å²) in [6.45, 7) is 3.03. The molecule has 0 saturated carbocycles. The zero-order chi connectivity index (χ0) is 21.1. The third-order valence-corrected chi connectivity index (χ3v) is 4.75. The fourth-order valence-corrected chi connectivity index (χ4v) is 3.29. The number of nitrogens with zero attached hydrogens (tertiary/aromatic N) is 4. The lowest BCUT2D eigenvalue weighted by Crippen LogP contribution is -2.28. The van der Waals surface area contributed by atoms with Crippen molar-refractivity contribution in [2.75, 3.05) is 6.54 Å². The number of fused-ring (bicyclic) bond motifs is 1. The summed E-state index contributed by atoms with van der Waals surface area (Å²) in [5, 5.41) is 7.37. The molecule has 0 unspecified atom stereocenters. The van der Waals surface area contributed by atoms with E-state index in [0.29, 0.717) is 24.1 Å². The van der Waals surface area contributed by atoms with Crippen molar-refractivity contribution in [2.45, 2.75) is 20.0 Å². The lowest BCUT2D eigenvalue weighted by atomic mass is 10.1. The van der Waals surface area contributed by atoms with Gasteiger partial charge in [-0.3, -0.25) is 14.2 Å². The fraction of sp³-hybridized carbons (Fsp3) is 0.182. The molecule has 30 heavy (non-hydrogen) atoms. The number of benzene rings is 2. The van der Waals surface area contributed by atoms with Crippen molar-refractivity contribution in [1.82, 2.24) is 24.6 Å².